The van der Waals surface area contributed by atoms with E-state index in [2.05, 4.69) is 5.32 Å². The summed E-state index contributed by atoms with van der Waals surface area (Å²) in [6.45, 7) is 4.28. The molecule has 3 N–H and O–H groups in total. The first kappa shape index (κ1) is 13.4. The van der Waals surface area contributed by atoms with Crippen LogP contribution < -0.4 is 11.1 Å². The van der Waals surface area contributed by atoms with Gasteiger partial charge in [0.25, 0.3) is 5.91 Å². The smallest absolute Gasteiger partial charge is 0.255 e. The van der Waals surface area contributed by atoms with Gasteiger partial charge in [0.15, 0.2) is 0 Å². The lowest BCUT2D eigenvalue weighted by molar-refractivity contribution is 0.0939. The van der Waals surface area contributed by atoms with Crippen LogP contribution in [-0.2, 0) is 6.54 Å². The number of aryl methyl sites for hydroxylation is 1. The standard InChI is InChI=1S/C15H18N2O2/c1-10-7-14(9-19-10)15(18)17-11(2)13-5-3-12(8-16)4-6-13/h3-7,9,11H,8,16H2,1-2H3,(H,17,18). The van der Waals surface area contributed by atoms with Crippen LogP contribution in [0.1, 0.15) is 40.2 Å². The number of carbonyl (C=O) groups is 1. The van der Waals surface area contributed by atoms with E-state index in [9.17, 15) is 4.79 Å². The van der Waals surface area contributed by atoms with Gasteiger partial charge in [-0.05, 0) is 31.0 Å². The molecule has 1 aromatic heterocycles. The molecule has 1 amide bonds. The fourth-order valence-electron chi connectivity index (χ4n) is 1.87. The summed E-state index contributed by atoms with van der Waals surface area (Å²) in [6.07, 6.45) is 1.47. The van der Waals surface area contributed by atoms with Crippen LogP contribution >= 0.6 is 0 Å². The Labute approximate surface area is 112 Å². The molecule has 0 spiro atoms. The maximum absolute atomic E-state index is 12.0. The van der Waals surface area contributed by atoms with Gasteiger partial charge in [0.2, 0.25) is 0 Å². The van der Waals surface area contributed by atoms with Gasteiger partial charge in [0.1, 0.15) is 12.0 Å². The monoisotopic (exact) mass is 258 g/mol. The molecule has 4 heteroatoms. The maximum atomic E-state index is 12.0. The number of amides is 1. The van der Waals surface area contributed by atoms with Crippen LogP contribution in [0.4, 0.5) is 0 Å². The van der Waals surface area contributed by atoms with Crippen molar-refractivity contribution in [3.8, 4) is 0 Å². The largest absolute Gasteiger partial charge is 0.469 e. The van der Waals surface area contributed by atoms with E-state index in [0.29, 0.717) is 12.1 Å². The predicted octanol–water partition coefficient (Wildman–Crippen LogP) is 2.54. The molecule has 2 rings (SSSR count). The van der Waals surface area contributed by atoms with Gasteiger partial charge in [0.05, 0.1) is 11.6 Å². The highest BCUT2D eigenvalue weighted by atomic mass is 16.3. The minimum Gasteiger partial charge on any atom is -0.469 e. The van der Waals surface area contributed by atoms with Crippen molar-refractivity contribution in [1.29, 1.82) is 0 Å². The van der Waals surface area contributed by atoms with Crippen molar-refractivity contribution < 1.29 is 9.21 Å². The minimum absolute atomic E-state index is 0.0606. The van der Waals surface area contributed by atoms with Gasteiger partial charge >= 0.3 is 0 Å². The van der Waals surface area contributed by atoms with Crippen molar-refractivity contribution >= 4 is 5.91 Å². The van der Waals surface area contributed by atoms with E-state index >= 15 is 0 Å². The summed E-state index contributed by atoms with van der Waals surface area (Å²) < 4.78 is 5.13. The number of hydrogen-bond donors (Lipinski definition) is 2. The molecule has 100 valence electrons. The molecule has 2 aromatic rings. The van der Waals surface area contributed by atoms with Crippen molar-refractivity contribution in [3.05, 3.63) is 59.0 Å². The Kier molecular flexibility index (Phi) is 4.02. The number of nitrogens with two attached hydrogens (primary N) is 1. The van der Waals surface area contributed by atoms with E-state index < -0.39 is 0 Å². The molecule has 1 heterocycles. The first-order valence-electron chi connectivity index (χ1n) is 6.25. The van der Waals surface area contributed by atoms with Crippen molar-refractivity contribution in [1.82, 2.24) is 5.32 Å². The molecular formula is C15H18N2O2. The van der Waals surface area contributed by atoms with Gasteiger partial charge in [-0.2, -0.15) is 0 Å². The van der Waals surface area contributed by atoms with E-state index in [1.54, 1.807) is 6.07 Å². The van der Waals surface area contributed by atoms with Gasteiger partial charge in [-0.1, -0.05) is 24.3 Å². The van der Waals surface area contributed by atoms with E-state index in [4.69, 9.17) is 10.2 Å². The van der Waals surface area contributed by atoms with E-state index in [-0.39, 0.29) is 11.9 Å². The zero-order valence-corrected chi connectivity index (χ0v) is 11.1. The van der Waals surface area contributed by atoms with E-state index in [1.807, 2.05) is 38.1 Å². The Balaban J connectivity index is 2.03. The average Bonchev–Trinajstić information content (AvgIpc) is 2.85. The molecule has 0 saturated carbocycles. The normalized spacial score (nSPS) is 12.2. The summed E-state index contributed by atoms with van der Waals surface area (Å²) in [4.78, 5) is 12.0. The van der Waals surface area contributed by atoms with Crippen LogP contribution in [-0.4, -0.2) is 5.91 Å². The molecule has 0 fully saturated rings. The second kappa shape index (κ2) is 5.71. The Morgan fingerprint density at radius 1 is 1.37 bits per heavy atom. The molecule has 0 saturated heterocycles. The van der Waals surface area contributed by atoms with Crippen molar-refractivity contribution in [2.75, 3.05) is 0 Å². The number of benzene rings is 1. The summed E-state index contributed by atoms with van der Waals surface area (Å²) in [5.41, 5.74) is 8.22. The maximum Gasteiger partial charge on any atom is 0.255 e. The fraction of sp³-hybridized carbons (Fsp3) is 0.267. The molecule has 0 aliphatic heterocycles. The Morgan fingerprint density at radius 2 is 2.05 bits per heavy atom. The van der Waals surface area contributed by atoms with Crippen LogP contribution in [0.2, 0.25) is 0 Å². The third-order valence-electron chi connectivity index (χ3n) is 3.06. The molecule has 0 radical (unpaired) electrons. The average molecular weight is 258 g/mol. The molecular weight excluding hydrogens is 240 g/mol. The second-order valence-corrected chi connectivity index (χ2v) is 4.59. The summed E-state index contributed by atoms with van der Waals surface area (Å²) in [7, 11) is 0. The number of furan rings is 1. The topological polar surface area (TPSA) is 68.3 Å². The van der Waals surface area contributed by atoms with E-state index in [1.165, 1.54) is 6.26 Å². The number of hydrogen-bond acceptors (Lipinski definition) is 3. The highest BCUT2D eigenvalue weighted by Gasteiger charge is 2.13. The van der Waals surface area contributed by atoms with Crippen molar-refractivity contribution in [2.24, 2.45) is 5.73 Å². The van der Waals surface area contributed by atoms with Crippen molar-refractivity contribution in [2.45, 2.75) is 26.4 Å². The molecule has 4 nitrogen and oxygen atoms in total. The lowest BCUT2D eigenvalue weighted by atomic mass is 10.1. The molecule has 1 aromatic carbocycles. The Morgan fingerprint density at radius 3 is 2.58 bits per heavy atom. The lowest BCUT2D eigenvalue weighted by Crippen LogP contribution is -2.26. The molecule has 0 bridgehead atoms. The lowest BCUT2D eigenvalue weighted by Gasteiger charge is -2.14. The van der Waals surface area contributed by atoms with Crippen LogP contribution in [0.3, 0.4) is 0 Å². The quantitative estimate of drug-likeness (QED) is 0.885. The zero-order valence-electron chi connectivity index (χ0n) is 11.1. The molecule has 0 aliphatic rings. The Bertz CT molecular complexity index is 558. The second-order valence-electron chi connectivity index (χ2n) is 4.59. The summed E-state index contributed by atoms with van der Waals surface area (Å²) >= 11 is 0. The highest BCUT2D eigenvalue weighted by molar-refractivity contribution is 5.94. The summed E-state index contributed by atoms with van der Waals surface area (Å²) in [6, 6.07) is 9.57. The first-order chi connectivity index (χ1) is 9.10. The minimum atomic E-state index is -0.132. The van der Waals surface area contributed by atoms with Gasteiger partial charge < -0.3 is 15.5 Å². The number of carbonyl (C=O) groups excluding carboxylic acids is 1. The van der Waals surface area contributed by atoms with Gasteiger partial charge in [-0.15, -0.1) is 0 Å². The number of rotatable bonds is 4. The van der Waals surface area contributed by atoms with Crippen LogP contribution in [0.25, 0.3) is 0 Å². The summed E-state index contributed by atoms with van der Waals surface area (Å²) in [5, 5.41) is 2.93. The zero-order chi connectivity index (χ0) is 13.8. The van der Waals surface area contributed by atoms with Crippen LogP contribution in [0.15, 0.2) is 41.0 Å². The fourth-order valence-corrected chi connectivity index (χ4v) is 1.87. The number of nitrogens with one attached hydrogen (secondary N) is 1. The van der Waals surface area contributed by atoms with Crippen LogP contribution in [0, 0.1) is 6.92 Å². The molecule has 1 atom stereocenters. The highest BCUT2D eigenvalue weighted by Crippen LogP contribution is 2.15. The SMILES string of the molecule is Cc1cc(C(=O)NC(C)c2ccc(CN)cc2)co1. The van der Waals surface area contributed by atoms with E-state index in [0.717, 1.165) is 16.9 Å². The predicted molar refractivity (Wildman–Crippen MR) is 73.7 cm³/mol. The van der Waals surface area contributed by atoms with Crippen LogP contribution in [0.5, 0.6) is 0 Å². The third kappa shape index (κ3) is 3.23. The first-order valence-corrected chi connectivity index (χ1v) is 6.25. The van der Waals surface area contributed by atoms with Gasteiger partial charge in [0, 0.05) is 6.54 Å². The third-order valence-corrected chi connectivity index (χ3v) is 3.06. The van der Waals surface area contributed by atoms with Gasteiger partial charge in [-0.25, -0.2) is 0 Å². The van der Waals surface area contributed by atoms with Crippen molar-refractivity contribution in [3.63, 3.8) is 0 Å². The Hall–Kier alpha value is -2.07. The molecule has 0 aliphatic carbocycles. The summed E-state index contributed by atoms with van der Waals surface area (Å²) in [5.74, 6) is 0.595. The molecule has 1 unspecified atom stereocenters. The van der Waals surface area contributed by atoms with Gasteiger partial charge in [-0.3, -0.25) is 4.79 Å². The molecule has 19 heavy (non-hydrogen) atoms.